The van der Waals surface area contributed by atoms with Gasteiger partial charge in [0.05, 0.1) is 17.6 Å². The minimum absolute atomic E-state index is 0.00651. The molecule has 1 rings (SSSR count). The minimum Gasteiger partial charge on any atom is -0.478 e. The molecule has 0 aromatic heterocycles. The summed E-state index contributed by atoms with van der Waals surface area (Å²) in [6, 6.07) is -1.50. The van der Waals surface area contributed by atoms with Crippen LogP contribution < -0.4 is 5.32 Å². The van der Waals surface area contributed by atoms with Crippen LogP contribution in [-0.4, -0.2) is 69.9 Å². The van der Waals surface area contributed by atoms with Crippen molar-refractivity contribution >= 4 is 17.8 Å². The van der Waals surface area contributed by atoms with E-state index in [1.165, 1.54) is 6.92 Å². The Balaban J connectivity index is 3.13. The number of terminal acetylenes is 1. The minimum atomic E-state index is -1.02. The van der Waals surface area contributed by atoms with Crippen molar-refractivity contribution in [2.75, 3.05) is 13.6 Å². The summed E-state index contributed by atoms with van der Waals surface area (Å²) in [6.45, 7) is 13.8. The third-order valence-electron chi connectivity index (χ3n) is 6.34. The van der Waals surface area contributed by atoms with Crippen molar-refractivity contribution in [1.29, 1.82) is 0 Å². The Bertz CT molecular complexity index is 764. The van der Waals surface area contributed by atoms with E-state index in [2.05, 4.69) is 11.2 Å². The maximum absolute atomic E-state index is 13.4. The first-order chi connectivity index (χ1) is 14.7. The summed E-state index contributed by atoms with van der Waals surface area (Å²) < 4.78 is 0. The van der Waals surface area contributed by atoms with E-state index in [1.54, 1.807) is 18.0 Å². The lowest BCUT2D eigenvalue weighted by Crippen LogP contribution is -2.61. The van der Waals surface area contributed by atoms with Gasteiger partial charge in [-0.05, 0) is 45.4 Å². The van der Waals surface area contributed by atoms with Crippen LogP contribution in [0.15, 0.2) is 11.6 Å². The number of nitrogens with zero attached hydrogens (tertiary/aromatic N) is 2. The number of carbonyl (C=O) groups excluding carboxylic acids is 2. The molecule has 3 atom stereocenters. The van der Waals surface area contributed by atoms with E-state index in [4.69, 9.17) is 6.42 Å². The number of aliphatic carboxylic acids is 1. The molecule has 0 saturated carbocycles. The average molecular weight is 448 g/mol. The molecule has 7 heteroatoms. The topological polar surface area (TPSA) is 90.0 Å². The van der Waals surface area contributed by atoms with E-state index in [-0.39, 0.29) is 35.3 Å². The molecular weight excluding hydrogens is 406 g/mol. The fourth-order valence-corrected chi connectivity index (χ4v) is 4.16. The second-order valence-electron chi connectivity index (χ2n) is 9.98. The molecule has 1 heterocycles. The first-order valence-electron chi connectivity index (χ1n) is 11.5. The highest BCUT2D eigenvalue weighted by Crippen LogP contribution is 2.26. The first-order valence-corrected chi connectivity index (χ1v) is 11.5. The number of carboxylic acid groups (broad SMARTS) is 1. The van der Waals surface area contributed by atoms with Gasteiger partial charge >= 0.3 is 5.97 Å². The number of hydrogen-bond acceptors (Lipinski definition) is 4. The number of nitrogens with one attached hydrogen (secondary N) is 1. The zero-order valence-corrected chi connectivity index (χ0v) is 20.9. The smallest absolute Gasteiger partial charge is 0.331 e. The molecule has 0 bridgehead atoms. The van der Waals surface area contributed by atoms with Crippen LogP contribution in [0.2, 0.25) is 0 Å². The van der Waals surface area contributed by atoms with Crippen LogP contribution in [0.4, 0.5) is 0 Å². The lowest BCUT2D eigenvalue weighted by molar-refractivity contribution is -0.140. The summed E-state index contributed by atoms with van der Waals surface area (Å²) in [7, 11) is 1.66. The normalized spacial score (nSPS) is 19.9. The van der Waals surface area contributed by atoms with Gasteiger partial charge in [-0.15, -0.1) is 6.42 Å². The largest absolute Gasteiger partial charge is 0.478 e. The number of amides is 2. The Kier molecular flexibility index (Phi) is 9.96. The molecule has 180 valence electrons. The molecule has 0 aromatic carbocycles. The van der Waals surface area contributed by atoms with Crippen molar-refractivity contribution in [3.8, 4) is 12.3 Å². The molecule has 2 N–H and O–H groups in total. The SMILES string of the molecule is C#CC(C)(C)N1CCCCC1C(=O)N[C@H](C(=O)N(C)[C@H](C=C(C)C(=O)O)C(C)C)C(C)C. The highest BCUT2D eigenvalue weighted by Gasteiger charge is 2.39. The molecule has 1 unspecified atom stereocenters. The molecule has 0 aromatic rings. The molecule has 32 heavy (non-hydrogen) atoms. The van der Waals surface area contributed by atoms with Crippen molar-refractivity contribution in [3.63, 3.8) is 0 Å². The number of carboxylic acids is 1. The maximum atomic E-state index is 13.4. The molecule has 1 fully saturated rings. The molecule has 2 amide bonds. The molecule has 0 spiro atoms. The Labute approximate surface area is 193 Å². The lowest BCUT2D eigenvalue weighted by atomic mass is 9.92. The van der Waals surface area contributed by atoms with Crippen LogP contribution in [0, 0.1) is 24.2 Å². The highest BCUT2D eigenvalue weighted by molar-refractivity contribution is 5.90. The van der Waals surface area contributed by atoms with E-state index in [0.717, 1.165) is 19.4 Å². The second kappa shape index (κ2) is 11.5. The average Bonchev–Trinajstić information content (AvgIpc) is 2.73. The van der Waals surface area contributed by atoms with E-state index in [1.807, 2.05) is 46.4 Å². The number of likely N-dealkylation sites (N-methyl/N-ethyl adjacent to an activating group) is 1. The fourth-order valence-electron chi connectivity index (χ4n) is 4.16. The standard InChI is InChI=1S/C25H41N3O4/c1-10-25(7,8)28-14-12-11-13-19(28)22(29)26-21(17(4)5)23(30)27(9)20(16(2)3)15-18(6)24(31)32/h1,15-17,19-21H,11-14H2,2-9H3,(H,26,29)(H,31,32)/t19?,20-,21+/m1/s1. The molecule has 0 radical (unpaired) electrons. The summed E-state index contributed by atoms with van der Waals surface area (Å²) >= 11 is 0. The van der Waals surface area contributed by atoms with Gasteiger partial charge in [0, 0.05) is 19.2 Å². The first kappa shape index (κ1) is 27.7. The number of hydrogen-bond donors (Lipinski definition) is 2. The van der Waals surface area contributed by atoms with Gasteiger partial charge in [-0.1, -0.05) is 46.1 Å². The highest BCUT2D eigenvalue weighted by atomic mass is 16.4. The fraction of sp³-hybridized carbons (Fsp3) is 0.720. The van der Waals surface area contributed by atoms with Crippen molar-refractivity contribution in [2.45, 2.75) is 91.4 Å². The summed E-state index contributed by atoms with van der Waals surface area (Å²) in [5, 5.41) is 12.2. The quantitative estimate of drug-likeness (QED) is 0.419. The van der Waals surface area contributed by atoms with Gasteiger partial charge in [-0.2, -0.15) is 0 Å². The van der Waals surface area contributed by atoms with Crippen LogP contribution in [0.1, 0.15) is 67.7 Å². The monoisotopic (exact) mass is 447 g/mol. The Morgan fingerprint density at radius 1 is 1.19 bits per heavy atom. The summed E-state index contributed by atoms with van der Waals surface area (Å²) in [5.74, 6) is 1.22. The van der Waals surface area contributed by atoms with E-state index >= 15 is 0 Å². The van der Waals surface area contributed by atoms with Gasteiger partial charge in [-0.25, -0.2) is 4.79 Å². The summed E-state index contributed by atoms with van der Waals surface area (Å²) in [6.07, 6.45) is 9.94. The lowest BCUT2D eigenvalue weighted by Gasteiger charge is -2.43. The van der Waals surface area contributed by atoms with Crippen molar-refractivity contribution in [1.82, 2.24) is 15.1 Å². The second-order valence-corrected chi connectivity index (χ2v) is 9.98. The molecular formula is C25H41N3O4. The van der Waals surface area contributed by atoms with Crippen LogP contribution >= 0.6 is 0 Å². The number of likely N-dealkylation sites (tertiary alicyclic amines) is 1. The van der Waals surface area contributed by atoms with Crippen LogP contribution in [0.3, 0.4) is 0 Å². The molecule has 7 nitrogen and oxygen atoms in total. The predicted octanol–water partition coefficient (Wildman–Crippen LogP) is 2.91. The van der Waals surface area contributed by atoms with Crippen LogP contribution in [-0.2, 0) is 14.4 Å². The van der Waals surface area contributed by atoms with Gasteiger partial charge in [0.15, 0.2) is 0 Å². The maximum Gasteiger partial charge on any atom is 0.331 e. The van der Waals surface area contributed by atoms with Crippen molar-refractivity contribution in [3.05, 3.63) is 11.6 Å². The third-order valence-corrected chi connectivity index (χ3v) is 6.34. The van der Waals surface area contributed by atoms with Crippen LogP contribution in [0.5, 0.6) is 0 Å². The van der Waals surface area contributed by atoms with Gasteiger partial charge in [0.25, 0.3) is 0 Å². The molecule has 1 aliphatic heterocycles. The van der Waals surface area contributed by atoms with Gasteiger partial charge in [-0.3, -0.25) is 14.5 Å². The van der Waals surface area contributed by atoms with Crippen LogP contribution in [0.25, 0.3) is 0 Å². The number of piperidine rings is 1. The van der Waals surface area contributed by atoms with Gasteiger partial charge in [0.1, 0.15) is 6.04 Å². The predicted molar refractivity (Wildman–Crippen MR) is 127 cm³/mol. The number of carbonyl (C=O) groups is 3. The Morgan fingerprint density at radius 2 is 1.78 bits per heavy atom. The van der Waals surface area contributed by atoms with E-state index < -0.39 is 23.6 Å². The third kappa shape index (κ3) is 6.83. The van der Waals surface area contributed by atoms with Gasteiger partial charge in [0.2, 0.25) is 11.8 Å². The van der Waals surface area contributed by atoms with E-state index in [9.17, 15) is 19.5 Å². The zero-order chi connectivity index (χ0) is 24.8. The summed E-state index contributed by atoms with van der Waals surface area (Å²) in [5.41, 5.74) is -0.374. The zero-order valence-electron chi connectivity index (χ0n) is 20.9. The van der Waals surface area contributed by atoms with Gasteiger partial charge < -0.3 is 15.3 Å². The van der Waals surface area contributed by atoms with Crippen molar-refractivity contribution in [2.24, 2.45) is 11.8 Å². The number of rotatable bonds is 9. The molecule has 0 aliphatic carbocycles. The summed E-state index contributed by atoms with van der Waals surface area (Å²) in [4.78, 5) is 41.6. The van der Waals surface area contributed by atoms with E-state index in [0.29, 0.717) is 6.42 Å². The Morgan fingerprint density at radius 3 is 2.25 bits per heavy atom. The molecule has 1 aliphatic rings. The van der Waals surface area contributed by atoms with Crippen molar-refractivity contribution < 1.29 is 19.5 Å². The molecule has 1 saturated heterocycles. The Hall–Kier alpha value is -2.33.